The standard InChI is InChI=1S/C54H99NO5/c1-4-7-10-13-16-19-22-24-26-27-28-30-32-34-37-40-43-46-52(57)51(49-56)55-53(58)48-50(60-54(59)47-44-41-38-35-21-18-15-12-9-6-3)45-42-39-36-33-31-29-25-23-20-17-14-11-8-5-2/h8,11-12,15,17,20,25,29,50-52,56-57H,4-7,9-10,13-14,16,18-19,21-24,26-28,30-49H2,1-3H3,(H,55,58)/b11-8+,15-12-,20-17+,29-25+. The van der Waals surface area contributed by atoms with Crippen molar-refractivity contribution >= 4 is 11.9 Å². The second-order valence-corrected chi connectivity index (χ2v) is 17.5. The number of esters is 1. The number of allylic oxidation sites excluding steroid dienone is 8. The van der Waals surface area contributed by atoms with Crippen molar-refractivity contribution in [2.45, 2.75) is 277 Å². The number of aliphatic hydroxyl groups is 2. The van der Waals surface area contributed by atoms with Gasteiger partial charge in [0.25, 0.3) is 0 Å². The third-order valence-corrected chi connectivity index (χ3v) is 11.6. The predicted octanol–water partition coefficient (Wildman–Crippen LogP) is 15.5. The van der Waals surface area contributed by atoms with Crippen molar-refractivity contribution < 1.29 is 24.5 Å². The molecule has 3 N–H and O–H groups in total. The number of carbonyl (C=O) groups excluding carboxylic acids is 2. The fourth-order valence-corrected chi connectivity index (χ4v) is 7.74. The first-order valence-electron chi connectivity index (χ1n) is 25.9. The summed E-state index contributed by atoms with van der Waals surface area (Å²) in [6, 6.07) is -0.710. The molecule has 0 heterocycles. The zero-order valence-corrected chi connectivity index (χ0v) is 39.8. The van der Waals surface area contributed by atoms with Crippen LogP contribution < -0.4 is 5.32 Å². The molecule has 0 aliphatic heterocycles. The van der Waals surface area contributed by atoms with E-state index in [1.54, 1.807) is 0 Å². The van der Waals surface area contributed by atoms with Crippen molar-refractivity contribution in [2.24, 2.45) is 0 Å². The van der Waals surface area contributed by atoms with Gasteiger partial charge in [0.15, 0.2) is 0 Å². The van der Waals surface area contributed by atoms with Gasteiger partial charge in [0.05, 0.1) is 25.2 Å². The molecule has 0 rings (SSSR count). The lowest BCUT2D eigenvalue weighted by atomic mass is 10.0. The highest BCUT2D eigenvalue weighted by Crippen LogP contribution is 2.18. The summed E-state index contributed by atoms with van der Waals surface area (Å²) >= 11 is 0. The smallest absolute Gasteiger partial charge is 0.306 e. The van der Waals surface area contributed by atoms with Gasteiger partial charge < -0.3 is 20.3 Å². The molecule has 0 radical (unpaired) electrons. The van der Waals surface area contributed by atoms with Crippen LogP contribution in [0.4, 0.5) is 0 Å². The van der Waals surface area contributed by atoms with Crippen LogP contribution in [-0.4, -0.2) is 46.9 Å². The van der Waals surface area contributed by atoms with Crippen LogP contribution in [-0.2, 0) is 14.3 Å². The molecule has 6 nitrogen and oxygen atoms in total. The third kappa shape index (κ3) is 42.5. The van der Waals surface area contributed by atoms with Crippen LogP contribution in [0.15, 0.2) is 48.6 Å². The van der Waals surface area contributed by atoms with E-state index in [-0.39, 0.29) is 24.9 Å². The number of hydrogen-bond acceptors (Lipinski definition) is 5. The number of carbonyl (C=O) groups is 2. The number of rotatable bonds is 46. The molecular weight excluding hydrogens is 743 g/mol. The Morgan fingerprint density at radius 1 is 0.500 bits per heavy atom. The molecule has 3 atom stereocenters. The number of amides is 1. The molecule has 0 spiro atoms. The first-order chi connectivity index (χ1) is 29.5. The lowest BCUT2D eigenvalue weighted by molar-refractivity contribution is -0.151. The summed E-state index contributed by atoms with van der Waals surface area (Å²) in [6.07, 6.45) is 57.5. The quantitative estimate of drug-likeness (QED) is 0.0322. The minimum atomic E-state index is -0.795. The fourth-order valence-electron chi connectivity index (χ4n) is 7.74. The fraction of sp³-hybridized carbons (Fsp3) is 0.815. The van der Waals surface area contributed by atoms with Crippen molar-refractivity contribution in [1.29, 1.82) is 0 Å². The van der Waals surface area contributed by atoms with Crippen LogP contribution in [0.3, 0.4) is 0 Å². The summed E-state index contributed by atoms with van der Waals surface area (Å²) in [4.78, 5) is 26.1. The Balaban J connectivity index is 4.52. The highest BCUT2D eigenvalue weighted by Gasteiger charge is 2.24. The highest BCUT2D eigenvalue weighted by atomic mass is 16.5. The van der Waals surface area contributed by atoms with E-state index in [1.165, 1.54) is 109 Å². The van der Waals surface area contributed by atoms with Gasteiger partial charge >= 0.3 is 5.97 Å². The van der Waals surface area contributed by atoms with Crippen molar-refractivity contribution in [2.75, 3.05) is 6.61 Å². The van der Waals surface area contributed by atoms with Gasteiger partial charge in [0.2, 0.25) is 5.91 Å². The van der Waals surface area contributed by atoms with E-state index < -0.39 is 18.2 Å². The summed E-state index contributed by atoms with van der Waals surface area (Å²) in [6.45, 7) is 6.32. The molecule has 350 valence electrons. The van der Waals surface area contributed by atoms with Gasteiger partial charge in [-0.3, -0.25) is 9.59 Å². The molecule has 0 aromatic heterocycles. The SMILES string of the molecule is CC/C=C/C/C=C/C/C=C/CCCCCCC(CC(=O)NC(CO)C(O)CCCCCCCCCCCCCCCCCCC)OC(=O)CCCCCCC/C=C\CCC. The Morgan fingerprint density at radius 3 is 1.45 bits per heavy atom. The number of hydrogen-bond donors (Lipinski definition) is 3. The molecule has 0 bridgehead atoms. The Morgan fingerprint density at radius 2 is 0.933 bits per heavy atom. The summed E-state index contributed by atoms with van der Waals surface area (Å²) in [7, 11) is 0. The lowest BCUT2D eigenvalue weighted by Gasteiger charge is -2.24. The molecule has 60 heavy (non-hydrogen) atoms. The molecule has 0 aromatic rings. The zero-order valence-electron chi connectivity index (χ0n) is 39.8. The van der Waals surface area contributed by atoms with Gasteiger partial charge in [-0.15, -0.1) is 0 Å². The van der Waals surface area contributed by atoms with Crippen LogP contribution >= 0.6 is 0 Å². The molecule has 3 unspecified atom stereocenters. The van der Waals surface area contributed by atoms with Gasteiger partial charge in [-0.25, -0.2) is 0 Å². The van der Waals surface area contributed by atoms with E-state index in [9.17, 15) is 19.8 Å². The molecular formula is C54H99NO5. The summed E-state index contributed by atoms with van der Waals surface area (Å²) < 4.78 is 5.90. The van der Waals surface area contributed by atoms with E-state index in [2.05, 4.69) is 74.7 Å². The summed E-state index contributed by atoms with van der Waals surface area (Å²) in [5.74, 6) is -0.504. The van der Waals surface area contributed by atoms with Crippen molar-refractivity contribution in [3.63, 3.8) is 0 Å². The third-order valence-electron chi connectivity index (χ3n) is 11.6. The molecule has 6 heteroatoms. The summed E-state index contributed by atoms with van der Waals surface area (Å²) in [5.41, 5.74) is 0. The van der Waals surface area contributed by atoms with Gasteiger partial charge in [0.1, 0.15) is 6.10 Å². The Bertz CT molecular complexity index is 1040. The van der Waals surface area contributed by atoms with Crippen molar-refractivity contribution in [3.05, 3.63) is 48.6 Å². The maximum absolute atomic E-state index is 13.2. The molecule has 0 aromatic carbocycles. The Hall–Kier alpha value is -2.18. The average molecular weight is 842 g/mol. The predicted molar refractivity (Wildman–Crippen MR) is 259 cm³/mol. The van der Waals surface area contributed by atoms with Crippen LogP contribution in [0.5, 0.6) is 0 Å². The first-order valence-corrected chi connectivity index (χ1v) is 25.9. The van der Waals surface area contributed by atoms with Crippen molar-refractivity contribution in [1.82, 2.24) is 5.32 Å². The molecule has 0 aliphatic carbocycles. The molecule has 0 fully saturated rings. The van der Waals surface area contributed by atoms with Gasteiger partial charge in [0, 0.05) is 6.42 Å². The van der Waals surface area contributed by atoms with Crippen LogP contribution in [0.2, 0.25) is 0 Å². The van der Waals surface area contributed by atoms with Crippen molar-refractivity contribution in [3.8, 4) is 0 Å². The Kier molecular flexibility index (Phi) is 46.1. The van der Waals surface area contributed by atoms with E-state index in [0.29, 0.717) is 19.3 Å². The average Bonchev–Trinajstić information content (AvgIpc) is 3.24. The maximum Gasteiger partial charge on any atom is 0.306 e. The van der Waals surface area contributed by atoms with Gasteiger partial charge in [-0.1, -0.05) is 217 Å². The Labute approximate surface area is 372 Å². The molecule has 0 saturated carbocycles. The first kappa shape index (κ1) is 57.8. The summed E-state index contributed by atoms with van der Waals surface area (Å²) in [5, 5.41) is 23.8. The molecule has 1 amide bonds. The number of aliphatic hydroxyl groups excluding tert-OH is 2. The normalized spacial score (nSPS) is 13.6. The maximum atomic E-state index is 13.2. The molecule has 0 saturated heterocycles. The topological polar surface area (TPSA) is 95.9 Å². The highest BCUT2D eigenvalue weighted by molar-refractivity contribution is 5.77. The number of ether oxygens (including phenoxy) is 1. The monoisotopic (exact) mass is 842 g/mol. The number of nitrogens with one attached hydrogen (secondary N) is 1. The number of unbranched alkanes of at least 4 members (excludes halogenated alkanes) is 26. The minimum Gasteiger partial charge on any atom is -0.462 e. The van der Waals surface area contributed by atoms with Crippen LogP contribution in [0.1, 0.15) is 258 Å². The van der Waals surface area contributed by atoms with E-state index >= 15 is 0 Å². The van der Waals surface area contributed by atoms with Gasteiger partial charge in [-0.2, -0.15) is 0 Å². The minimum absolute atomic E-state index is 0.0596. The van der Waals surface area contributed by atoms with E-state index in [1.807, 2.05) is 0 Å². The second-order valence-electron chi connectivity index (χ2n) is 17.5. The van der Waals surface area contributed by atoms with E-state index in [4.69, 9.17) is 4.74 Å². The van der Waals surface area contributed by atoms with Crippen LogP contribution in [0.25, 0.3) is 0 Å². The van der Waals surface area contributed by atoms with Crippen LogP contribution in [0, 0.1) is 0 Å². The largest absolute Gasteiger partial charge is 0.462 e. The second kappa shape index (κ2) is 47.9. The molecule has 0 aliphatic rings. The lowest BCUT2D eigenvalue weighted by Crippen LogP contribution is -2.46. The van der Waals surface area contributed by atoms with E-state index in [0.717, 1.165) is 103 Å². The zero-order chi connectivity index (χ0) is 43.8. The van der Waals surface area contributed by atoms with Gasteiger partial charge in [-0.05, 0) is 77.0 Å².